The number of carbonyl (C=O) groups is 2. The van der Waals surface area contributed by atoms with E-state index in [-0.39, 0.29) is 32.0 Å². The summed E-state index contributed by atoms with van der Waals surface area (Å²) in [5, 5.41) is 0. The quantitative estimate of drug-likeness (QED) is 0.0195. The summed E-state index contributed by atoms with van der Waals surface area (Å²) in [6.45, 7) is 4.16. The average molecular weight is 1240 g/mol. The van der Waals surface area contributed by atoms with Gasteiger partial charge in [0.2, 0.25) is 0 Å². The highest BCUT2D eigenvalue weighted by atomic mass is 31.2. The SMILES string of the molecule is CC/C=C\C/C=C\C/C=C\C/C=C\C/C=C\C/C=C\C/C=C\C/C=C\CCCCCCCCCCCCC(=O)OC(COC(=O)CCCCCCCCCCCCCCCCCCCCCCCCCCCCCC)COP(=O)([O-])OCC[N+](C)(C)C. The largest absolute Gasteiger partial charge is 0.756 e. The Balaban J connectivity index is 4.05. The van der Waals surface area contributed by atoms with Crippen molar-refractivity contribution < 1.29 is 42.1 Å². The Morgan fingerprint density at radius 2 is 0.655 bits per heavy atom. The van der Waals surface area contributed by atoms with Gasteiger partial charge in [0.1, 0.15) is 19.8 Å². The first-order chi connectivity index (χ1) is 42.5. The third-order valence-electron chi connectivity index (χ3n) is 15.9. The van der Waals surface area contributed by atoms with Crippen LogP contribution in [0.4, 0.5) is 0 Å². The maximum atomic E-state index is 12.9. The number of phosphoric ester groups is 1. The summed E-state index contributed by atoms with van der Waals surface area (Å²) in [6.07, 6.45) is 93.5. The van der Waals surface area contributed by atoms with Crippen LogP contribution in [-0.4, -0.2) is 70.0 Å². The van der Waals surface area contributed by atoms with Gasteiger partial charge >= 0.3 is 11.9 Å². The van der Waals surface area contributed by atoms with E-state index in [9.17, 15) is 19.0 Å². The van der Waals surface area contributed by atoms with E-state index >= 15 is 0 Å². The Bertz CT molecular complexity index is 1790. The molecule has 0 aromatic rings. The standard InChI is InChI=1S/C77H138NO8P/c1-6-8-10-12-14-16-18-20-22-24-26-28-30-32-34-36-37-38-39-40-41-42-44-46-48-50-52-54-56-58-60-62-64-66-68-70-77(80)86-75(74-85-87(81,82)84-72-71-78(3,4)5)73-83-76(79)69-67-65-63-61-59-57-55-53-51-49-47-45-43-35-33-31-29-27-25-23-21-19-17-15-13-11-9-7-2/h8,10,14,16,20,22,26,28,32,34,37-38,40-41,44,46,75H,6-7,9,11-13,15,17-19,21,23-25,27,29-31,33,35-36,39,42-43,45,47-74H2,1-5H3/b10-8-,16-14-,22-20-,28-26-,34-32-,38-37-,41-40-,46-44-. The topological polar surface area (TPSA) is 111 Å². The summed E-state index contributed by atoms with van der Waals surface area (Å²) in [6, 6.07) is 0. The molecule has 87 heavy (non-hydrogen) atoms. The Kier molecular flexibility index (Phi) is 65.0. The molecule has 0 N–H and O–H groups in total. The fourth-order valence-corrected chi connectivity index (χ4v) is 11.1. The summed E-state index contributed by atoms with van der Waals surface area (Å²) >= 11 is 0. The molecule has 10 heteroatoms. The molecule has 0 fully saturated rings. The molecule has 504 valence electrons. The zero-order valence-electron chi connectivity index (χ0n) is 57.5. The molecule has 2 unspecified atom stereocenters. The number of hydrogen-bond donors (Lipinski definition) is 0. The van der Waals surface area contributed by atoms with E-state index in [4.69, 9.17) is 18.5 Å². The minimum absolute atomic E-state index is 0.0337. The second kappa shape index (κ2) is 67.3. The smallest absolute Gasteiger partial charge is 0.306 e. The number of nitrogens with zero attached hydrogens (tertiary/aromatic N) is 1. The molecule has 0 aromatic heterocycles. The third-order valence-corrected chi connectivity index (χ3v) is 16.8. The van der Waals surface area contributed by atoms with Crippen LogP contribution in [0.1, 0.15) is 328 Å². The highest BCUT2D eigenvalue weighted by Gasteiger charge is 2.22. The summed E-state index contributed by atoms with van der Waals surface area (Å²) in [4.78, 5) is 38.1. The number of allylic oxidation sites excluding steroid dienone is 16. The molecule has 0 aliphatic rings. The van der Waals surface area contributed by atoms with Crippen LogP contribution in [0.25, 0.3) is 0 Å². The van der Waals surface area contributed by atoms with Crippen LogP contribution in [-0.2, 0) is 32.7 Å². The number of rotatable bonds is 67. The molecule has 0 saturated carbocycles. The van der Waals surface area contributed by atoms with Gasteiger partial charge in [0.05, 0.1) is 27.7 Å². The molecule has 2 atom stereocenters. The van der Waals surface area contributed by atoms with Crippen molar-refractivity contribution >= 4 is 19.8 Å². The fraction of sp³-hybridized carbons (Fsp3) is 0.766. The first-order valence-electron chi connectivity index (χ1n) is 36.4. The predicted octanol–water partition coefficient (Wildman–Crippen LogP) is 23.3. The van der Waals surface area contributed by atoms with E-state index in [1.807, 2.05) is 21.1 Å². The number of phosphoric acid groups is 1. The van der Waals surface area contributed by atoms with Crippen molar-refractivity contribution in [1.29, 1.82) is 0 Å². The van der Waals surface area contributed by atoms with Crippen LogP contribution in [0.15, 0.2) is 97.2 Å². The van der Waals surface area contributed by atoms with Crippen LogP contribution in [0.2, 0.25) is 0 Å². The fourth-order valence-electron chi connectivity index (χ4n) is 10.3. The number of hydrogen-bond acceptors (Lipinski definition) is 8. The molecular weight excluding hydrogens is 1100 g/mol. The average Bonchev–Trinajstić information content (AvgIpc) is 3.67. The lowest BCUT2D eigenvalue weighted by Crippen LogP contribution is -2.37. The maximum absolute atomic E-state index is 12.9. The van der Waals surface area contributed by atoms with Crippen molar-refractivity contribution in [1.82, 2.24) is 0 Å². The normalized spacial score (nSPS) is 13.7. The molecule has 0 radical (unpaired) electrons. The van der Waals surface area contributed by atoms with E-state index in [0.717, 1.165) is 96.3 Å². The second-order valence-corrected chi connectivity index (χ2v) is 27.0. The Hall–Kier alpha value is -3.07. The highest BCUT2D eigenvalue weighted by molar-refractivity contribution is 7.45. The summed E-state index contributed by atoms with van der Waals surface area (Å²) in [5.41, 5.74) is 0. The van der Waals surface area contributed by atoms with Crippen LogP contribution < -0.4 is 4.89 Å². The van der Waals surface area contributed by atoms with Crippen LogP contribution in [0.5, 0.6) is 0 Å². The molecular formula is C77H138NO8P. The van der Waals surface area contributed by atoms with Gasteiger partial charge in [0.25, 0.3) is 7.82 Å². The number of carbonyl (C=O) groups excluding carboxylic acids is 2. The van der Waals surface area contributed by atoms with Crippen molar-refractivity contribution in [2.45, 2.75) is 335 Å². The zero-order chi connectivity index (χ0) is 63.4. The summed E-state index contributed by atoms with van der Waals surface area (Å²) in [7, 11) is 1.17. The molecule has 0 bridgehead atoms. The van der Waals surface area contributed by atoms with Gasteiger partial charge in [-0.15, -0.1) is 0 Å². The first kappa shape index (κ1) is 83.9. The maximum Gasteiger partial charge on any atom is 0.306 e. The first-order valence-corrected chi connectivity index (χ1v) is 37.9. The van der Waals surface area contributed by atoms with E-state index in [1.54, 1.807) is 0 Å². The van der Waals surface area contributed by atoms with Crippen molar-refractivity contribution in [3.05, 3.63) is 97.2 Å². The van der Waals surface area contributed by atoms with E-state index in [1.165, 1.54) is 199 Å². The zero-order valence-corrected chi connectivity index (χ0v) is 58.3. The molecule has 0 aromatic carbocycles. The minimum atomic E-state index is -4.65. The molecule has 0 aliphatic carbocycles. The number of unbranched alkanes of at least 4 members (excludes halogenated alkanes) is 37. The summed E-state index contributed by atoms with van der Waals surface area (Å²) in [5.74, 6) is -0.828. The Morgan fingerprint density at radius 1 is 0.368 bits per heavy atom. The van der Waals surface area contributed by atoms with Crippen LogP contribution in [0.3, 0.4) is 0 Å². The van der Waals surface area contributed by atoms with Gasteiger partial charge in [-0.3, -0.25) is 14.2 Å². The van der Waals surface area contributed by atoms with Gasteiger partial charge in [-0.2, -0.15) is 0 Å². The van der Waals surface area contributed by atoms with Gasteiger partial charge in [0, 0.05) is 12.8 Å². The van der Waals surface area contributed by atoms with Crippen LogP contribution >= 0.6 is 7.82 Å². The highest BCUT2D eigenvalue weighted by Crippen LogP contribution is 2.38. The van der Waals surface area contributed by atoms with E-state index in [0.29, 0.717) is 17.4 Å². The molecule has 9 nitrogen and oxygen atoms in total. The van der Waals surface area contributed by atoms with Crippen molar-refractivity contribution in [2.75, 3.05) is 47.5 Å². The van der Waals surface area contributed by atoms with Gasteiger partial charge in [-0.1, -0.05) is 336 Å². The Morgan fingerprint density at radius 3 is 0.977 bits per heavy atom. The van der Waals surface area contributed by atoms with Crippen molar-refractivity contribution in [2.24, 2.45) is 0 Å². The predicted molar refractivity (Wildman–Crippen MR) is 374 cm³/mol. The molecule has 0 rings (SSSR count). The molecule has 0 spiro atoms. The van der Waals surface area contributed by atoms with Gasteiger partial charge in [-0.25, -0.2) is 0 Å². The second-order valence-electron chi connectivity index (χ2n) is 25.6. The van der Waals surface area contributed by atoms with Crippen molar-refractivity contribution in [3.63, 3.8) is 0 Å². The van der Waals surface area contributed by atoms with Crippen molar-refractivity contribution in [3.8, 4) is 0 Å². The van der Waals surface area contributed by atoms with E-state index in [2.05, 4.69) is 111 Å². The molecule has 0 saturated heterocycles. The molecule has 0 aliphatic heterocycles. The lowest BCUT2D eigenvalue weighted by Gasteiger charge is -2.28. The van der Waals surface area contributed by atoms with E-state index < -0.39 is 26.5 Å². The van der Waals surface area contributed by atoms with Gasteiger partial charge in [0.15, 0.2) is 6.10 Å². The number of esters is 2. The minimum Gasteiger partial charge on any atom is -0.756 e. The molecule has 0 heterocycles. The lowest BCUT2D eigenvalue weighted by molar-refractivity contribution is -0.870. The monoisotopic (exact) mass is 1240 g/mol. The Labute approximate surface area is 538 Å². The summed E-state index contributed by atoms with van der Waals surface area (Å²) < 4.78 is 34.3. The van der Waals surface area contributed by atoms with Gasteiger partial charge in [-0.05, 0) is 77.0 Å². The number of likely N-dealkylation sites (N-methyl/N-ethyl adjacent to an activating group) is 1. The number of quaternary nitrogens is 1. The van der Waals surface area contributed by atoms with Gasteiger partial charge < -0.3 is 27.9 Å². The number of ether oxygens (including phenoxy) is 2. The lowest BCUT2D eigenvalue weighted by atomic mass is 10.0. The molecule has 0 amide bonds. The third kappa shape index (κ3) is 71.9. The van der Waals surface area contributed by atoms with Crippen LogP contribution in [0, 0.1) is 0 Å².